The number of hydrogen-bond donors (Lipinski definition) is 1. The summed E-state index contributed by atoms with van der Waals surface area (Å²) in [6.45, 7) is 4.01. The van der Waals surface area contributed by atoms with E-state index in [2.05, 4.69) is 0 Å². The standard InChI is InChI=1S/C9H11ClO/c1-3-7-6(2)4-5-8(11)9(7)10/h4-5,11H,3H2,1-2H3. The van der Waals surface area contributed by atoms with Crippen molar-refractivity contribution in [1.29, 1.82) is 0 Å². The molecule has 0 aliphatic heterocycles. The van der Waals surface area contributed by atoms with Gasteiger partial charge in [0, 0.05) is 0 Å². The largest absolute Gasteiger partial charge is 0.506 e. The Morgan fingerprint density at radius 3 is 2.55 bits per heavy atom. The highest BCUT2D eigenvalue weighted by Crippen LogP contribution is 2.29. The highest BCUT2D eigenvalue weighted by molar-refractivity contribution is 6.32. The fourth-order valence-corrected chi connectivity index (χ4v) is 1.49. The maximum absolute atomic E-state index is 9.22. The molecule has 1 N–H and O–H groups in total. The predicted molar refractivity (Wildman–Crippen MR) is 47.2 cm³/mol. The summed E-state index contributed by atoms with van der Waals surface area (Å²) in [6, 6.07) is 3.50. The Morgan fingerprint density at radius 2 is 2.09 bits per heavy atom. The van der Waals surface area contributed by atoms with Crippen LogP contribution in [0.5, 0.6) is 5.75 Å². The van der Waals surface area contributed by atoms with E-state index in [9.17, 15) is 5.11 Å². The van der Waals surface area contributed by atoms with Crippen LogP contribution >= 0.6 is 11.6 Å². The third kappa shape index (κ3) is 1.48. The minimum atomic E-state index is 0.175. The van der Waals surface area contributed by atoms with Crippen LogP contribution in [0.3, 0.4) is 0 Å². The maximum atomic E-state index is 9.22. The van der Waals surface area contributed by atoms with Gasteiger partial charge in [0.25, 0.3) is 0 Å². The summed E-state index contributed by atoms with van der Waals surface area (Å²) in [7, 11) is 0. The van der Waals surface area contributed by atoms with Crippen LogP contribution < -0.4 is 0 Å². The molecule has 0 radical (unpaired) electrons. The molecule has 11 heavy (non-hydrogen) atoms. The first-order valence-electron chi connectivity index (χ1n) is 3.63. The zero-order valence-corrected chi connectivity index (χ0v) is 7.44. The second kappa shape index (κ2) is 3.14. The topological polar surface area (TPSA) is 20.2 Å². The minimum absolute atomic E-state index is 0.175. The third-order valence-corrected chi connectivity index (χ3v) is 2.23. The van der Waals surface area contributed by atoms with Crippen molar-refractivity contribution in [2.75, 3.05) is 0 Å². The van der Waals surface area contributed by atoms with Gasteiger partial charge in [0.05, 0.1) is 5.02 Å². The van der Waals surface area contributed by atoms with E-state index in [1.165, 1.54) is 0 Å². The van der Waals surface area contributed by atoms with Gasteiger partial charge >= 0.3 is 0 Å². The summed E-state index contributed by atoms with van der Waals surface area (Å²) in [5, 5.41) is 9.72. The van der Waals surface area contributed by atoms with Crippen LogP contribution in [0.25, 0.3) is 0 Å². The molecule has 0 aliphatic carbocycles. The lowest BCUT2D eigenvalue weighted by atomic mass is 10.1. The van der Waals surface area contributed by atoms with Gasteiger partial charge in [-0.1, -0.05) is 24.6 Å². The van der Waals surface area contributed by atoms with E-state index < -0.39 is 0 Å². The second-order valence-electron chi connectivity index (χ2n) is 2.55. The van der Waals surface area contributed by atoms with Crippen LogP contribution in [0.4, 0.5) is 0 Å². The minimum Gasteiger partial charge on any atom is -0.506 e. The molecule has 0 aromatic heterocycles. The molecule has 0 saturated carbocycles. The van der Waals surface area contributed by atoms with Crippen molar-refractivity contribution in [1.82, 2.24) is 0 Å². The van der Waals surface area contributed by atoms with Crippen LogP contribution in [0.15, 0.2) is 12.1 Å². The SMILES string of the molecule is CCc1c(C)ccc(O)c1Cl. The Kier molecular flexibility index (Phi) is 2.40. The Balaban J connectivity index is 3.29. The zero-order chi connectivity index (χ0) is 8.43. The Morgan fingerprint density at radius 1 is 1.45 bits per heavy atom. The predicted octanol–water partition coefficient (Wildman–Crippen LogP) is 2.92. The molecule has 0 atom stereocenters. The number of benzene rings is 1. The van der Waals surface area contributed by atoms with Gasteiger partial charge in [0.15, 0.2) is 0 Å². The normalized spacial score (nSPS) is 10.1. The Hall–Kier alpha value is -0.690. The lowest BCUT2D eigenvalue weighted by Crippen LogP contribution is -1.87. The summed E-state index contributed by atoms with van der Waals surface area (Å²) < 4.78 is 0. The Labute approximate surface area is 71.6 Å². The molecule has 0 aliphatic rings. The quantitative estimate of drug-likeness (QED) is 0.687. The number of halogens is 1. The number of hydrogen-bond acceptors (Lipinski definition) is 1. The summed E-state index contributed by atoms with van der Waals surface area (Å²) in [6.07, 6.45) is 0.860. The Bertz CT molecular complexity index is 269. The fourth-order valence-electron chi connectivity index (χ4n) is 1.14. The summed E-state index contributed by atoms with van der Waals surface area (Å²) in [4.78, 5) is 0. The number of aromatic hydroxyl groups is 1. The highest BCUT2D eigenvalue weighted by Gasteiger charge is 2.05. The van der Waals surface area contributed by atoms with Gasteiger partial charge in [0.2, 0.25) is 0 Å². The molecule has 1 aromatic carbocycles. The van der Waals surface area contributed by atoms with E-state index in [4.69, 9.17) is 11.6 Å². The molecule has 0 saturated heterocycles. The van der Waals surface area contributed by atoms with E-state index in [-0.39, 0.29) is 5.75 Å². The average Bonchev–Trinajstić information content (AvgIpc) is 1.99. The van der Waals surface area contributed by atoms with E-state index in [1.807, 2.05) is 19.9 Å². The fraction of sp³-hybridized carbons (Fsp3) is 0.333. The zero-order valence-electron chi connectivity index (χ0n) is 6.69. The number of aryl methyl sites for hydroxylation is 1. The highest BCUT2D eigenvalue weighted by atomic mass is 35.5. The van der Waals surface area contributed by atoms with Crippen molar-refractivity contribution < 1.29 is 5.11 Å². The first-order chi connectivity index (χ1) is 5.16. The molecule has 1 aromatic rings. The maximum Gasteiger partial charge on any atom is 0.134 e. The number of rotatable bonds is 1. The van der Waals surface area contributed by atoms with Crippen molar-refractivity contribution in [3.63, 3.8) is 0 Å². The van der Waals surface area contributed by atoms with Gasteiger partial charge in [-0.25, -0.2) is 0 Å². The third-order valence-electron chi connectivity index (χ3n) is 1.81. The van der Waals surface area contributed by atoms with Gasteiger partial charge in [-0.05, 0) is 30.5 Å². The van der Waals surface area contributed by atoms with E-state index in [0.29, 0.717) is 5.02 Å². The number of phenols is 1. The molecule has 0 fully saturated rings. The van der Waals surface area contributed by atoms with E-state index in [1.54, 1.807) is 6.07 Å². The van der Waals surface area contributed by atoms with Crippen LogP contribution in [-0.2, 0) is 6.42 Å². The van der Waals surface area contributed by atoms with Gasteiger partial charge in [-0.3, -0.25) is 0 Å². The van der Waals surface area contributed by atoms with Gasteiger partial charge in [0.1, 0.15) is 5.75 Å². The molecule has 0 amide bonds. The first kappa shape index (κ1) is 8.41. The smallest absolute Gasteiger partial charge is 0.134 e. The molecule has 2 heteroatoms. The van der Waals surface area contributed by atoms with Crippen molar-refractivity contribution >= 4 is 11.6 Å². The van der Waals surface area contributed by atoms with Crippen LogP contribution in [0.2, 0.25) is 5.02 Å². The lowest BCUT2D eigenvalue weighted by Gasteiger charge is -2.06. The van der Waals surface area contributed by atoms with E-state index in [0.717, 1.165) is 17.5 Å². The van der Waals surface area contributed by atoms with Crippen LogP contribution in [0, 0.1) is 6.92 Å². The van der Waals surface area contributed by atoms with Gasteiger partial charge < -0.3 is 5.11 Å². The summed E-state index contributed by atoms with van der Waals surface area (Å²) in [5.41, 5.74) is 2.17. The van der Waals surface area contributed by atoms with Crippen LogP contribution in [0.1, 0.15) is 18.1 Å². The van der Waals surface area contributed by atoms with E-state index >= 15 is 0 Å². The second-order valence-corrected chi connectivity index (χ2v) is 2.93. The first-order valence-corrected chi connectivity index (χ1v) is 4.01. The number of phenolic OH excluding ortho intramolecular Hbond substituents is 1. The average molecular weight is 171 g/mol. The summed E-state index contributed by atoms with van der Waals surface area (Å²) >= 11 is 5.85. The molecule has 0 bridgehead atoms. The monoisotopic (exact) mass is 170 g/mol. The van der Waals surface area contributed by atoms with Crippen molar-refractivity contribution in [3.8, 4) is 5.75 Å². The van der Waals surface area contributed by atoms with Gasteiger partial charge in [-0.2, -0.15) is 0 Å². The van der Waals surface area contributed by atoms with Crippen LogP contribution in [-0.4, -0.2) is 5.11 Å². The molecule has 0 unspecified atom stereocenters. The summed E-state index contributed by atoms with van der Waals surface area (Å²) in [5.74, 6) is 0.175. The molecule has 0 spiro atoms. The van der Waals surface area contributed by atoms with Crippen molar-refractivity contribution in [2.45, 2.75) is 20.3 Å². The van der Waals surface area contributed by atoms with Gasteiger partial charge in [-0.15, -0.1) is 0 Å². The molecule has 60 valence electrons. The lowest BCUT2D eigenvalue weighted by molar-refractivity contribution is 0.474. The van der Waals surface area contributed by atoms with Crippen molar-refractivity contribution in [2.24, 2.45) is 0 Å². The molecule has 1 nitrogen and oxygen atoms in total. The molecular formula is C9H11ClO. The van der Waals surface area contributed by atoms with Crippen molar-refractivity contribution in [3.05, 3.63) is 28.3 Å². The molecule has 1 rings (SSSR count). The molecular weight excluding hydrogens is 160 g/mol. The molecule has 0 heterocycles.